The van der Waals surface area contributed by atoms with Crippen molar-refractivity contribution in [2.75, 3.05) is 37.7 Å². The van der Waals surface area contributed by atoms with Crippen molar-refractivity contribution in [2.24, 2.45) is 0 Å². The van der Waals surface area contributed by atoms with Crippen LogP contribution in [0.3, 0.4) is 0 Å². The van der Waals surface area contributed by atoms with E-state index in [-0.39, 0.29) is 5.91 Å². The van der Waals surface area contributed by atoms with Crippen LogP contribution in [0.4, 0.5) is 5.69 Å². The summed E-state index contributed by atoms with van der Waals surface area (Å²) in [5.41, 5.74) is 3.24. The second-order valence-corrected chi connectivity index (χ2v) is 7.73. The minimum absolute atomic E-state index is 0.0120. The number of aromatic nitrogens is 3. The van der Waals surface area contributed by atoms with Crippen LogP contribution in [-0.2, 0) is 0 Å². The van der Waals surface area contributed by atoms with Gasteiger partial charge in [-0.3, -0.25) is 4.79 Å². The third-order valence-corrected chi connectivity index (χ3v) is 5.71. The number of rotatable bonds is 5. The Morgan fingerprint density at radius 2 is 1.78 bits per heavy atom. The van der Waals surface area contributed by atoms with Crippen molar-refractivity contribution in [1.82, 2.24) is 19.9 Å². The van der Waals surface area contributed by atoms with Crippen LogP contribution < -0.4 is 9.64 Å². The van der Waals surface area contributed by atoms with Gasteiger partial charge in [0.05, 0.1) is 12.3 Å². The Morgan fingerprint density at radius 1 is 1.03 bits per heavy atom. The summed E-state index contributed by atoms with van der Waals surface area (Å²) >= 11 is 0. The molecule has 1 saturated heterocycles. The first-order valence-electron chi connectivity index (χ1n) is 10.9. The van der Waals surface area contributed by atoms with Crippen LogP contribution in [0.25, 0.3) is 22.4 Å². The second kappa shape index (κ2) is 8.70. The molecule has 2 aromatic heterocycles. The van der Waals surface area contributed by atoms with Crippen molar-refractivity contribution in [3.8, 4) is 17.1 Å². The average Bonchev–Trinajstić information content (AvgIpc) is 3.28. The zero-order chi connectivity index (χ0) is 21.9. The van der Waals surface area contributed by atoms with Gasteiger partial charge in [-0.1, -0.05) is 42.5 Å². The number of aromatic amines is 1. The van der Waals surface area contributed by atoms with E-state index < -0.39 is 0 Å². The summed E-state index contributed by atoms with van der Waals surface area (Å²) in [6, 6.07) is 19.7. The van der Waals surface area contributed by atoms with Crippen LogP contribution in [0, 0.1) is 0 Å². The Balaban J connectivity index is 1.30. The smallest absolute Gasteiger partial charge is 0.270 e. The summed E-state index contributed by atoms with van der Waals surface area (Å²) in [6.07, 6.45) is 1.76. The van der Waals surface area contributed by atoms with Crippen molar-refractivity contribution in [3.63, 3.8) is 0 Å². The van der Waals surface area contributed by atoms with E-state index in [1.165, 1.54) is 0 Å². The molecule has 32 heavy (non-hydrogen) atoms. The molecule has 0 saturated carbocycles. The quantitative estimate of drug-likeness (QED) is 0.521. The largest absolute Gasteiger partial charge is 0.492 e. The number of carbonyl (C=O) groups is 1. The van der Waals surface area contributed by atoms with Crippen molar-refractivity contribution in [2.45, 2.75) is 6.92 Å². The van der Waals surface area contributed by atoms with Gasteiger partial charge in [-0.2, -0.15) is 0 Å². The maximum atomic E-state index is 13.1. The number of amides is 1. The maximum Gasteiger partial charge on any atom is 0.270 e. The molecule has 0 atom stereocenters. The average molecular weight is 428 g/mol. The summed E-state index contributed by atoms with van der Waals surface area (Å²) in [4.78, 5) is 29.6. The lowest BCUT2D eigenvalue weighted by molar-refractivity contribution is 0.0741. The molecule has 7 nitrogen and oxygen atoms in total. The number of anilines is 1. The number of ether oxygens (including phenoxy) is 1. The minimum Gasteiger partial charge on any atom is -0.492 e. The lowest BCUT2D eigenvalue weighted by Gasteiger charge is -2.36. The Labute approximate surface area is 186 Å². The van der Waals surface area contributed by atoms with E-state index in [2.05, 4.69) is 25.9 Å². The van der Waals surface area contributed by atoms with Crippen LogP contribution in [0.1, 0.15) is 17.4 Å². The van der Waals surface area contributed by atoms with E-state index in [9.17, 15) is 4.79 Å². The van der Waals surface area contributed by atoms with Gasteiger partial charge in [0.2, 0.25) is 0 Å². The van der Waals surface area contributed by atoms with Gasteiger partial charge in [-0.05, 0) is 25.1 Å². The molecule has 0 bridgehead atoms. The monoisotopic (exact) mass is 427 g/mol. The number of benzene rings is 2. The highest BCUT2D eigenvalue weighted by Crippen LogP contribution is 2.29. The molecule has 0 radical (unpaired) electrons. The zero-order valence-electron chi connectivity index (χ0n) is 18.0. The number of hydrogen-bond donors (Lipinski definition) is 1. The van der Waals surface area contributed by atoms with Gasteiger partial charge in [0.1, 0.15) is 17.1 Å². The fraction of sp³-hybridized carbons (Fsp3) is 0.240. The highest BCUT2D eigenvalue weighted by Gasteiger charge is 2.25. The number of para-hydroxylation sites is 2. The lowest BCUT2D eigenvalue weighted by atomic mass is 10.2. The number of carbonyl (C=O) groups excluding carboxylic acids is 1. The van der Waals surface area contributed by atoms with Gasteiger partial charge in [0, 0.05) is 43.3 Å². The van der Waals surface area contributed by atoms with E-state index in [1.54, 1.807) is 6.20 Å². The summed E-state index contributed by atoms with van der Waals surface area (Å²) in [6.45, 7) is 5.43. The van der Waals surface area contributed by atoms with E-state index in [0.717, 1.165) is 35.5 Å². The third kappa shape index (κ3) is 3.89. The number of hydrogen-bond acceptors (Lipinski definition) is 5. The van der Waals surface area contributed by atoms with Crippen molar-refractivity contribution in [1.29, 1.82) is 0 Å². The first kappa shape index (κ1) is 20.1. The Morgan fingerprint density at radius 3 is 2.56 bits per heavy atom. The van der Waals surface area contributed by atoms with Crippen LogP contribution in [0.15, 0.2) is 66.9 Å². The number of H-pyrrole nitrogens is 1. The van der Waals surface area contributed by atoms with Crippen LogP contribution in [0.5, 0.6) is 5.75 Å². The molecule has 1 fully saturated rings. The van der Waals surface area contributed by atoms with Gasteiger partial charge < -0.3 is 19.5 Å². The Bertz CT molecular complexity index is 1230. The highest BCUT2D eigenvalue weighted by molar-refractivity contribution is 5.97. The molecule has 1 N–H and O–H groups in total. The Kier molecular flexibility index (Phi) is 5.46. The van der Waals surface area contributed by atoms with E-state index in [1.807, 2.05) is 66.4 Å². The fourth-order valence-electron chi connectivity index (χ4n) is 4.07. The summed E-state index contributed by atoms with van der Waals surface area (Å²) in [5.74, 6) is 1.51. The molecular formula is C25H25N5O2. The number of nitrogens with zero attached hydrogens (tertiary/aromatic N) is 4. The molecular weight excluding hydrogens is 402 g/mol. The molecule has 0 unspecified atom stereocenters. The summed E-state index contributed by atoms with van der Waals surface area (Å²) < 4.78 is 5.77. The number of fused-ring (bicyclic) bond motifs is 1. The molecule has 7 heteroatoms. The number of piperazine rings is 1. The first-order chi connectivity index (χ1) is 15.7. The highest BCUT2D eigenvalue weighted by atomic mass is 16.5. The topological polar surface area (TPSA) is 74.3 Å². The molecule has 5 rings (SSSR count). The minimum atomic E-state index is -0.0120. The van der Waals surface area contributed by atoms with Gasteiger partial charge in [-0.25, -0.2) is 9.97 Å². The fourth-order valence-corrected chi connectivity index (χ4v) is 4.07. The van der Waals surface area contributed by atoms with Crippen molar-refractivity contribution < 1.29 is 9.53 Å². The predicted octanol–water partition coefficient (Wildman–Crippen LogP) is 3.99. The molecule has 1 amide bonds. The van der Waals surface area contributed by atoms with Gasteiger partial charge >= 0.3 is 0 Å². The molecule has 1 aliphatic rings. The third-order valence-electron chi connectivity index (χ3n) is 5.71. The van der Waals surface area contributed by atoms with E-state index in [0.29, 0.717) is 36.9 Å². The maximum absolute atomic E-state index is 13.1. The predicted molar refractivity (Wildman–Crippen MR) is 125 cm³/mol. The van der Waals surface area contributed by atoms with Gasteiger partial charge in [-0.15, -0.1) is 0 Å². The van der Waals surface area contributed by atoms with E-state index >= 15 is 0 Å². The normalized spacial score (nSPS) is 14.0. The van der Waals surface area contributed by atoms with Crippen molar-refractivity contribution >= 4 is 22.6 Å². The zero-order valence-corrected chi connectivity index (χ0v) is 18.0. The van der Waals surface area contributed by atoms with Gasteiger partial charge in [0.25, 0.3) is 5.91 Å². The molecule has 0 aliphatic carbocycles. The molecule has 3 heterocycles. The molecule has 4 aromatic rings. The molecule has 162 valence electrons. The van der Waals surface area contributed by atoms with Crippen LogP contribution in [0.2, 0.25) is 0 Å². The summed E-state index contributed by atoms with van der Waals surface area (Å²) in [7, 11) is 0. The van der Waals surface area contributed by atoms with E-state index in [4.69, 9.17) is 4.74 Å². The second-order valence-electron chi connectivity index (χ2n) is 7.73. The standard InChI is InChI=1S/C25H25N5O2/c1-2-32-22-11-7-6-10-21(22)29-12-14-30(15-13-29)25(31)20-16-19-17-26-23(28-24(19)27-20)18-8-4-3-5-9-18/h3-11,16-17H,2,12-15H2,1H3,(H,26,27,28). The molecule has 1 aliphatic heterocycles. The van der Waals surface area contributed by atoms with Crippen LogP contribution >= 0.6 is 0 Å². The van der Waals surface area contributed by atoms with Gasteiger partial charge in [0.15, 0.2) is 5.82 Å². The first-order valence-corrected chi connectivity index (χ1v) is 10.9. The van der Waals surface area contributed by atoms with Crippen LogP contribution in [-0.4, -0.2) is 58.5 Å². The summed E-state index contributed by atoms with van der Waals surface area (Å²) in [5, 5.41) is 0.831. The molecule has 0 spiro atoms. The lowest BCUT2D eigenvalue weighted by Crippen LogP contribution is -2.49. The number of nitrogens with one attached hydrogen (secondary N) is 1. The SMILES string of the molecule is CCOc1ccccc1N1CCN(C(=O)c2cc3cnc(-c4ccccc4)nc3[nH]2)CC1. The Hall–Kier alpha value is -3.87. The molecule has 2 aromatic carbocycles. The van der Waals surface area contributed by atoms with Crippen molar-refractivity contribution in [3.05, 3.63) is 72.6 Å².